The normalized spacial score (nSPS) is 17.2. The van der Waals surface area contributed by atoms with Crippen molar-refractivity contribution >= 4 is 47.4 Å². The number of carbonyl (C=O) groups excluding carboxylic acids is 6. The maximum Gasteiger partial charge on any atom is 0.340 e. The van der Waals surface area contributed by atoms with E-state index in [1.165, 1.54) is 6.92 Å². The van der Waals surface area contributed by atoms with Crippen molar-refractivity contribution in [1.82, 2.24) is 20.4 Å². The van der Waals surface area contributed by atoms with Crippen molar-refractivity contribution in [1.29, 1.82) is 0 Å². The number of β-lactam (4-membered cyclic amide) rings is 4. The first-order valence-corrected chi connectivity index (χ1v) is 7.65. The third kappa shape index (κ3) is 2.55. The van der Waals surface area contributed by atoms with E-state index >= 15 is 0 Å². The highest BCUT2D eigenvalue weighted by Crippen LogP contribution is 2.43. The Labute approximate surface area is 162 Å². The fourth-order valence-electron chi connectivity index (χ4n) is 2.84. The summed E-state index contributed by atoms with van der Waals surface area (Å²) in [6.07, 6.45) is 0. The Morgan fingerprint density at radius 3 is 1.69 bits per heavy atom. The van der Waals surface area contributed by atoms with Gasteiger partial charge in [0.05, 0.1) is 0 Å². The van der Waals surface area contributed by atoms with Crippen LogP contribution in [-0.2, 0) is 38.4 Å². The van der Waals surface area contributed by atoms with Crippen molar-refractivity contribution in [2.45, 2.75) is 14.4 Å². The Kier molecular flexibility index (Phi) is 5.83. The minimum atomic E-state index is -3.58. The molecule has 0 bridgehead atoms. The topological polar surface area (TPSA) is 208 Å². The number of hydrogen-bond acceptors (Lipinski definition) is 8. The molecule has 0 atom stereocenters. The van der Waals surface area contributed by atoms with E-state index in [1.54, 1.807) is 5.32 Å². The highest BCUT2D eigenvalue weighted by atomic mass is 16.4. The van der Waals surface area contributed by atoms with Gasteiger partial charge in [0.25, 0.3) is 40.9 Å². The number of nitrogens with one attached hydrogen (secondary N) is 2. The molecule has 0 aromatic rings. The van der Waals surface area contributed by atoms with Crippen molar-refractivity contribution in [3.8, 4) is 0 Å². The fourth-order valence-corrected chi connectivity index (χ4v) is 2.84. The smallest absolute Gasteiger partial charge is 0.340 e. The molecule has 29 heavy (non-hydrogen) atoms. The van der Waals surface area contributed by atoms with Gasteiger partial charge in [0, 0.05) is 13.6 Å². The first-order chi connectivity index (χ1) is 12.9. The van der Waals surface area contributed by atoms with Crippen LogP contribution in [0.3, 0.4) is 0 Å². The Bertz CT molecular complexity index is 815. The summed E-state index contributed by atoms with van der Waals surface area (Å²) < 4.78 is 0. The lowest BCUT2D eigenvalue weighted by molar-refractivity contribution is -0.198. The molecule has 0 aromatic heterocycles. The second-order valence-electron chi connectivity index (χ2n) is 5.84. The number of aliphatic carboxylic acids is 2. The van der Waals surface area contributed by atoms with E-state index in [4.69, 9.17) is 0 Å². The molecule has 0 saturated carbocycles. The van der Waals surface area contributed by atoms with Crippen LogP contribution in [0.25, 0.3) is 0 Å². The van der Waals surface area contributed by atoms with Crippen molar-refractivity contribution < 1.29 is 48.6 Å². The zero-order valence-electron chi connectivity index (χ0n) is 14.5. The predicted octanol–water partition coefficient (Wildman–Crippen LogP) is -3.66. The molecule has 2 rings (SSSR count). The summed E-state index contributed by atoms with van der Waals surface area (Å²) in [6.45, 7) is 0.132. The molecule has 2 saturated heterocycles. The lowest BCUT2D eigenvalue weighted by Crippen LogP contribution is -2.84. The minimum Gasteiger partial charge on any atom is -0.480 e. The third-order valence-electron chi connectivity index (χ3n) is 4.44. The molecule has 1 spiro atoms. The van der Waals surface area contributed by atoms with E-state index in [0.717, 1.165) is 7.05 Å². The summed E-state index contributed by atoms with van der Waals surface area (Å²) in [5, 5.41) is 22.0. The lowest BCUT2D eigenvalue weighted by Gasteiger charge is -2.51. The molecule has 2 fully saturated rings. The van der Waals surface area contributed by atoms with Crippen LogP contribution >= 0.6 is 0 Å². The Morgan fingerprint density at radius 2 is 1.31 bits per heavy atom. The number of carboxylic acids is 2. The first-order valence-electron chi connectivity index (χ1n) is 7.65. The van der Waals surface area contributed by atoms with E-state index in [1.807, 2.05) is 5.32 Å². The largest absolute Gasteiger partial charge is 0.480 e. The molecule has 0 unspecified atom stereocenters. The summed E-state index contributed by atoms with van der Waals surface area (Å²) in [7, 11) is 1.06. The van der Waals surface area contributed by atoms with Crippen LogP contribution in [0.2, 0.25) is 0 Å². The third-order valence-corrected chi connectivity index (χ3v) is 4.44. The van der Waals surface area contributed by atoms with E-state index < -0.39 is 64.9 Å². The van der Waals surface area contributed by atoms with Gasteiger partial charge in [0.1, 0.15) is 6.67 Å². The van der Waals surface area contributed by atoms with E-state index in [-0.39, 0.29) is 18.9 Å². The molecule has 2 heterocycles. The summed E-state index contributed by atoms with van der Waals surface area (Å²) in [4.78, 5) is 95.4. The van der Waals surface area contributed by atoms with Crippen molar-refractivity contribution in [3.63, 3.8) is 0 Å². The molecular weight excluding hydrogens is 396 g/mol. The SMILES string of the molecule is C.CCNC(=O)C(C(=O)O)(C(=O)O)C(=O)NCN1C(=O)C2(C(=O)N(C)C2=O)C1=O. The van der Waals surface area contributed by atoms with Gasteiger partial charge in [-0.05, 0) is 6.92 Å². The molecule has 158 valence electrons. The van der Waals surface area contributed by atoms with Gasteiger partial charge in [-0.15, -0.1) is 0 Å². The van der Waals surface area contributed by atoms with Crippen molar-refractivity contribution in [2.24, 2.45) is 10.8 Å². The minimum absolute atomic E-state index is 0. The van der Waals surface area contributed by atoms with Crippen LogP contribution in [0.5, 0.6) is 0 Å². The summed E-state index contributed by atoms with van der Waals surface area (Å²) in [5.41, 5.74) is -6.08. The van der Waals surface area contributed by atoms with E-state index in [0.29, 0.717) is 4.90 Å². The fraction of sp³-hybridized carbons (Fsp3) is 0.467. The number of nitrogens with zero attached hydrogens (tertiary/aromatic N) is 2. The summed E-state index contributed by atoms with van der Waals surface area (Å²) >= 11 is 0. The molecule has 2 aliphatic rings. The van der Waals surface area contributed by atoms with Gasteiger partial charge in [0.2, 0.25) is 0 Å². The highest BCUT2D eigenvalue weighted by molar-refractivity contribution is 6.52. The molecule has 14 nitrogen and oxygen atoms in total. The average molecular weight is 414 g/mol. The number of carbonyl (C=O) groups is 8. The maximum atomic E-state index is 12.2. The van der Waals surface area contributed by atoms with Crippen LogP contribution in [-0.4, -0.2) is 87.7 Å². The number of imide groups is 2. The van der Waals surface area contributed by atoms with Crippen LogP contribution in [0, 0.1) is 10.8 Å². The number of hydrogen-bond donors (Lipinski definition) is 4. The lowest BCUT2D eigenvalue weighted by atomic mass is 9.69. The van der Waals surface area contributed by atoms with Crippen molar-refractivity contribution in [3.05, 3.63) is 0 Å². The number of rotatable bonds is 7. The van der Waals surface area contributed by atoms with Gasteiger partial charge in [0.15, 0.2) is 0 Å². The molecule has 0 radical (unpaired) electrons. The monoisotopic (exact) mass is 414 g/mol. The zero-order valence-corrected chi connectivity index (χ0v) is 14.5. The van der Waals surface area contributed by atoms with E-state index in [9.17, 15) is 48.6 Å². The van der Waals surface area contributed by atoms with Crippen LogP contribution in [0.4, 0.5) is 0 Å². The van der Waals surface area contributed by atoms with Gasteiger partial charge in [-0.2, -0.15) is 0 Å². The quantitative estimate of drug-likeness (QED) is 0.237. The van der Waals surface area contributed by atoms with Gasteiger partial charge in [-0.3, -0.25) is 38.6 Å². The second kappa shape index (κ2) is 7.29. The predicted molar refractivity (Wildman–Crippen MR) is 88.2 cm³/mol. The molecule has 0 aliphatic carbocycles. The second-order valence-corrected chi connectivity index (χ2v) is 5.84. The van der Waals surface area contributed by atoms with Gasteiger partial charge >= 0.3 is 17.4 Å². The number of likely N-dealkylation sites (tertiary alicyclic amines) is 2. The summed E-state index contributed by atoms with van der Waals surface area (Å²) in [5.74, 6) is -12.7. The molecule has 0 aromatic carbocycles. The molecule has 4 N–H and O–H groups in total. The first kappa shape index (κ1) is 23.2. The van der Waals surface area contributed by atoms with Crippen LogP contribution in [0.1, 0.15) is 14.4 Å². The molecule has 6 amide bonds. The standard InChI is InChI=1S/C14H14N4O10.CH4/c1-3-15-5(19)13(11(25)26,12(27)28)6(20)16-4-18-9(23)14(10(18)24)7(21)17(2)8(14)22;/h3-4H2,1-2H3,(H,15,19)(H,16,20)(H,25,26)(H,27,28);1H4. The number of carboxylic acid groups (broad SMARTS) is 2. The summed E-state index contributed by atoms with van der Waals surface area (Å²) in [6, 6.07) is 0. The molecule has 2 aliphatic heterocycles. The highest BCUT2D eigenvalue weighted by Gasteiger charge is 2.79. The Hall–Kier alpha value is -3.84. The van der Waals surface area contributed by atoms with Gasteiger partial charge in [-0.25, -0.2) is 9.59 Å². The zero-order chi connectivity index (χ0) is 21.6. The Morgan fingerprint density at radius 1 is 0.897 bits per heavy atom. The van der Waals surface area contributed by atoms with E-state index in [2.05, 4.69) is 0 Å². The van der Waals surface area contributed by atoms with Crippen molar-refractivity contribution in [2.75, 3.05) is 20.3 Å². The number of amides is 6. The molecule has 14 heteroatoms. The van der Waals surface area contributed by atoms with Gasteiger partial charge < -0.3 is 20.8 Å². The maximum absolute atomic E-state index is 12.2. The Balaban J connectivity index is 0.00000420. The van der Waals surface area contributed by atoms with Gasteiger partial charge in [-0.1, -0.05) is 7.43 Å². The van der Waals surface area contributed by atoms with Crippen LogP contribution in [0.15, 0.2) is 0 Å². The molecular formula is C15H18N4O10. The van der Waals surface area contributed by atoms with Crippen LogP contribution < -0.4 is 10.6 Å². The average Bonchev–Trinajstić information content (AvgIpc) is 2.61.